The van der Waals surface area contributed by atoms with Gasteiger partial charge in [0.15, 0.2) is 0 Å². The van der Waals surface area contributed by atoms with Gasteiger partial charge in [-0.1, -0.05) is 23.4 Å². The van der Waals surface area contributed by atoms with Crippen LogP contribution < -0.4 is 0 Å². The molecule has 0 aliphatic carbocycles. The minimum absolute atomic E-state index is 0.474. The summed E-state index contributed by atoms with van der Waals surface area (Å²) in [6, 6.07) is 12.1. The number of likely N-dealkylation sites (tertiary alicyclic amines) is 1. The van der Waals surface area contributed by atoms with E-state index in [0.29, 0.717) is 5.92 Å². The van der Waals surface area contributed by atoms with Gasteiger partial charge in [0.05, 0.1) is 5.60 Å². The van der Waals surface area contributed by atoms with Crippen molar-refractivity contribution in [1.82, 2.24) is 14.9 Å². The van der Waals surface area contributed by atoms with E-state index in [4.69, 9.17) is 11.6 Å². The number of halogens is 1. The van der Waals surface area contributed by atoms with Gasteiger partial charge in [0.1, 0.15) is 5.65 Å². The zero-order valence-corrected chi connectivity index (χ0v) is 17.9. The van der Waals surface area contributed by atoms with Crippen LogP contribution in [0.3, 0.4) is 0 Å². The fourth-order valence-electron chi connectivity index (χ4n) is 3.96. The molecule has 1 aliphatic heterocycles. The molecule has 0 unspecified atom stereocenters. The van der Waals surface area contributed by atoms with E-state index in [0.717, 1.165) is 43.1 Å². The maximum atomic E-state index is 10.1. The lowest BCUT2D eigenvalue weighted by molar-refractivity contribution is 0.0280. The Kier molecular flexibility index (Phi) is 5.70. The molecule has 4 rings (SSSR count). The van der Waals surface area contributed by atoms with Crippen LogP contribution in [0.5, 0.6) is 0 Å². The van der Waals surface area contributed by atoms with Crippen molar-refractivity contribution in [3.05, 3.63) is 53.3 Å². The number of hydrogen-bond acceptors (Lipinski definition) is 4. The topological polar surface area (TPSA) is 52.1 Å². The molecule has 2 aromatic heterocycles. The highest BCUT2D eigenvalue weighted by molar-refractivity contribution is 7.99. The van der Waals surface area contributed by atoms with Gasteiger partial charge in [-0.2, -0.15) is 0 Å². The minimum atomic E-state index is -0.645. The van der Waals surface area contributed by atoms with Crippen molar-refractivity contribution in [1.29, 1.82) is 0 Å². The molecule has 2 N–H and O–H groups in total. The summed E-state index contributed by atoms with van der Waals surface area (Å²) in [5.74, 6) is 0.474. The number of aromatic amines is 1. The molecule has 4 nitrogen and oxygen atoms in total. The molecule has 28 heavy (non-hydrogen) atoms. The Hall–Kier alpha value is -1.53. The number of nitrogens with zero attached hydrogens (tertiary/aromatic N) is 2. The van der Waals surface area contributed by atoms with Crippen LogP contribution in [0, 0.1) is 0 Å². The van der Waals surface area contributed by atoms with E-state index >= 15 is 0 Å². The third-order valence-electron chi connectivity index (χ3n) is 5.19. The summed E-state index contributed by atoms with van der Waals surface area (Å²) in [6.45, 7) is 6.48. The highest BCUT2D eigenvalue weighted by Gasteiger charge is 2.28. The number of aromatic nitrogens is 2. The molecule has 3 aromatic rings. The van der Waals surface area contributed by atoms with Gasteiger partial charge >= 0.3 is 0 Å². The highest BCUT2D eigenvalue weighted by Crippen LogP contribution is 2.42. The second kappa shape index (κ2) is 8.07. The zero-order valence-electron chi connectivity index (χ0n) is 16.3. The van der Waals surface area contributed by atoms with Crippen LogP contribution in [0.1, 0.15) is 38.3 Å². The third-order valence-corrected chi connectivity index (χ3v) is 6.59. The van der Waals surface area contributed by atoms with Crippen molar-refractivity contribution in [2.24, 2.45) is 0 Å². The van der Waals surface area contributed by atoms with Gasteiger partial charge in [-0.3, -0.25) is 0 Å². The maximum absolute atomic E-state index is 10.1. The summed E-state index contributed by atoms with van der Waals surface area (Å²) in [6.07, 6.45) is 4.00. The van der Waals surface area contributed by atoms with E-state index in [2.05, 4.69) is 33.1 Å². The SMILES string of the molecule is CC(C)(O)CN1CCC(c2[nH]c3ncccc3c2Sc2ccc(Cl)cc2)CC1. The summed E-state index contributed by atoms with van der Waals surface area (Å²) in [4.78, 5) is 13.0. The van der Waals surface area contributed by atoms with Crippen molar-refractivity contribution in [3.63, 3.8) is 0 Å². The molecule has 1 saturated heterocycles. The number of hydrogen-bond donors (Lipinski definition) is 2. The molecule has 0 atom stereocenters. The van der Waals surface area contributed by atoms with Crippen molar-refractivity contribution in [3.8, 4) is 0 Å². The molecular formula is C22H26ClN3OS. The minimum Gasteiger partial charge on any atom is -0.389 e. The molecule has 1 aliphatic rings. The van der Waals surface area contributed by atoms with Crippen molar-refractivity contribution >= 4 is 34.4 Å². The average molecular weight is 416 g/mol. The summed E-state index contributed by atoms with van der Waals surface area (Å²) in [5, 5.41) is 12.0. The van der Waals surface area contributed by atoms with Crippen molar-refractivity contribution < 1.29 is 5.11 Å². The van der Waals surface area contributed by atoms with Gasteiger partial charge in [0.25, 0.3) is 0 Å². The number of β-amino-alcohol motifs (C(OH)–C–C–N with tert-alkyl or cyclic N) is 1. The van der Waals surface area contributed by atoms with Crippen LogP contribution in [0.4, 0.5) is 0 Å². The molecule has 1 fully saturated rings. The van der Waals surface area contributed by atoms with Gasteiger partial charge in [0, 0.05) is 44.6 Å². The van der Waals surface area contributed by atoms with Gasteiger partial charge < -0.3 is 15.0 Å². The molecule has 1 aromatic carbocycles. The summed E-state index contributed by atoms with van der Waals surface area (Å²) >= 11 is 7.83. The Morgan fingerprint density at radius 2 is 1.93 bits per heavy atom. The maximum Gasteiger partial charge on any atom is 0.138 e. The number of piperidine rings is 1. The zero-order chi connectivity index (χ0) is 19.7. The Balaban J connectivity index is 1.59. The summed E-state index contributed by atoms with van der Waals surface area (Å²) in [5.41, 5.74) is 1.59. The van der Waals surface area contributed by atoms with E-state index in [1.54, 1.807) is 11.8 Å². The predicted octanol–water partition coefficient (Wildman–Crippen LogP) is 5.32. The standard InChI is InChI=1S/C22H26ClN3OS/c1-22(2,27)14-26-12-9-15(10-13-26)19-20(18-4-3-11-24-21(18)25-19)28-17-7-5-16(23)6-8-17/h3-8,11,15,27H,9-10,12-14H2,1-2H3,(H,24,25). The fraction of sp³-hybridized carbons (Fsp3) is 0.409. The van der Waals surface area contributed by atoms with Crippen LogP contribution in [0.2, 0.25) is 5.02 Å². The number of benzene rings is 1. The molecular weight excluding hydrogens is 390 g/mol. The first-order valence-electron chi connectivity index (χ1n) is 9.74. The second-order valence-corrected chi connectivity index (χ2v) is 9.71. The normalized spacial score (nSPS) is 16.7. The second-order valence-electron chi connectivity index (χ2n) is 8.19. The van der Waals surface area contributed by atoms with E-state index in [1.165, 1.54) is 20.9 Å². The Bertz CT molecular complexity index is 941. The van der Waals surface area contributed by atoms with Crippen LogP contribution in [-0.2, 0) is 0 Å². The lowest BCUT2D eigenvalue weighted by Gasteiger charge is -2.35. The summed E-state index contributed by atoms with van der Waals surface area (Å²) in [7, 11) is 0. The van der Waals surface area contributed by atoms with Gasteiger partial charge in [0.2, 0.25) is 0 Å². The molecule has 0 spiro atoms. The predicted molar refractivity (Wildman–Crippen MR) is 116 cm³/mol. The first kappa shape index (κ1) is 19.8. The fourth-order valence-corrected chi connectivity index (χ4v) is 5.20. The third kappa shape index (κ3) is 4.54. The van der Waals surface area contributed by atoms with Gasteiger partial charge in [-0.15, -0.1) is 0 Å². The highest BCUT2D eigenvalue weighted by atomic mass is 35.5. The number of fused-ring (bicyclic) bond motifs is 1. The van der Waals surface area contributed by atoms with E-state index in [1.807, 2.05) is 38.2 Å². The van der Waals surface area contributed by atoms with Crippen LogP contribution in [-0.4, -0.2) is 45.2 Å². The lowest BCUT2D eigenvalue weighted by atomic mass is 9.92. The first-order chi connectivity index (χ1) is 13.4. The number of rotatable bonds is 5. The number of aliphatic hydroxyl groups is 1. The average Bonchev–Trinajstić information content (AvgIpc) is 3.01. The summed E-state index contributed by atoms with van der Waals surface area (Å²) < 4.78 is 0. The van der Waals surface area contributed by atoms with Gasteiger partial charge in [-0.25, -0.2) is 4.98 Å². The number of nitrogens with one attached hydrogen (secondary N) is 1. The van der Waals surface area contributed by atoms with E-state index in [-0.39, 0.29) is 0 Å². The van der Waals surface area contributed by atoms with Gasteiger partial charge in [-0.05, 0) is 76.2 Å². The smallest absolute Gasteiger partial charge is 0.138 e. The Morgan fingerprint density at radius 3 is 2.61 bits per heavy atom. The molecule has 0 amide bonds. The Labute approximate surface area is 175 Å². The first-order valence-corrected chi connectivity index (χ1v) is 10.9. The van der Waals surface area contributed by atoms with Crippen LogP contribution in [0.25, 0.3) is 11.0 Å². The molecule has 0 saturated carbocycles. The quantitative estimate of drug-likeness (QED) is 0.592. The monoisotopic (exact) mass is 415 g/mol. The van der Waals surface area contributed by atoms with E-state index in [9.17, 15) is 5.11 Å². The molecule has 6 heteroatoms. The van der Waals surface area contributed by atoms with E-state index < -0.39 is 5.60 Å². The molecule has 3 heterocycles. The molecule has 0 radical (unpaired) electrons. The largest absolute Gasteiger partial charge is 0.389 e. The molecule has 0 bridgehead atoms. The number of H-pyrrole nitrogens is 1. The van der Waals surface area contributed by atoms with Crippen molar-refractivity contribution in [2.75, 3.05) is 19.6 Å². The number of pyridine rings is 1. The Morgan fingerprint density at radius 1 is 1.21 bits per heavy atom. The van der Waals surface area contributed by atoms with Crippen LogP contribution in [0.15, 0.2) is 52.4 Å². The lowest BCUT2D eigenvalue weighted by Crippen LogP contribution is -2.42. The van der Waals surface area contributed by atoms with Crippen molar-refractivity contribution in [2.45, 2.75) is 48.0 Å². The van der Waals surface area contributed by atoms with Crippen LogP contribution >= 0.6 is 23.4 Å². The molecule has 148 valence electrons.